The summed E-state index contributed by atoms with van der Waals surface area (Å²) in [5, 5.41) is 3.25. The predicted octanol–water partition coefficient (Wildman–Crippen LogP) is 2.70. The van der Waals surface area contributed by atoms with Crippen molar-refractivity contribution in [1.29, 1.82) is 0 Å². The lowest BCUT2D eigenvalue weighted by Crippen LogP contribution is -2.30. The van der Waals surface area contributed by atoms with Crippen LogP contribution in [-0.2, 0) is 10.0 Å². The summed E-state index contributed by atoms with van der Waals surface area (Å²) in [5.41, 5.74) is 0.924. The molecule has 0 amide bonds. The lowest BCUT2D eigenvalue weighted by Gasteiger charge is -2.10. The molecule has 0 atom stereocenters. The van der Waals surface area contributed by atoms with E-state index in [0.29, 0.717) is 0 Å². The molecule has 0 saturated carbocycles. The van der Waals surface area contributed by atoms with E-state index in [0.717, 1.165) is 23.7 Å². The van der Waals surface area contributed by atoms with Gasteiger partial charge in [0.1, 0.15) is 0 Å². The van der Waals surface area contributed by atoms with E-state index in [9.17, 15) is 8.42 Å². The van der Waals surface area contributed by atoms with E-state index in [1.807, 2.05) is 6.08 Å². The molecular weight excluding hydrogens is 292 g/mol. The summed E-state index contributed by atoms with van der Waals surface area (Å²) in [6.45, 7) is 8.11. The first-order valence-electron chi connectivity index (χ1n) is 6.50. The molecule has 0 heterocycles. The Bertz CT molecular complexity index is 510. The van der Waals surface area contributed by atoms with E-state index in [2.05, 4.69) is 16.6 Å². The van der Waals surface area contributed by atoms with Gasteiger partial charge in [-0.15, -0.1) is 6.58 Å². The largest absolute Gasteiger partial charge is 0.384 e. The SMILES string of the molecule is C=CCSCCNc1ccc(S(=O)(=O)NC(C)C)cc1. The second-order valence-corrected chi connectivity index (χ2v) is 7.45. The summed E-state index contributed by atoms with van der Waals surface area (Å²) in [6.07, 6.45) is 1.88. The average Bonchev–Trinajstić information content (AvgIpc) is 2.37. The van der Waals surface area contributed by atoms with Crippen LogP contribution in [0.3, 0.4) is 0 Å². The van der Waals surface area contributed by atoms with Crippen LogP contribution < -0.4 is 10.0 Å². The topological polar surface area (TPSA) is 58.2 Å². The van der Waals surface area contributed by atoms with Gasteiger partial charge in [0.2, 0.25) is 10.0 Å². The monoisotopic (exact) mass is 314 g/mol. The fraction of sp³-hybridized carbons (Fsp3) is 0.429. The third-order valence-corrected chi connectivity index (χ3v) is 5.01. The lowest BCUT2D eigenvalue weighted by molar-refractivity contribution is 0.570. The lowest BCUT2D eigenvalue weighted by atomic mass is 10.3. The van der Waals surface area contributed by atoms with Crippen molar-refractivity contribution in [3.63, 3.8) is 0 Å². The Kier molecular flexibility index (Phi) is 7.12. The minimum atomic E-state index is -3.40. The van der Waals surface area contributed by atoms with Crippen LogP contribution in [0, 0.1) is 0 Å². The Morgan fingerprint density at radius 3 is 2.50 bits per heavy atom. The smallest absolute Gasteiger partial charge is 0.240 e. The zero-order valence-corrected chi connectivity index (χ0v) is 13.6. The normalized spacial score (nSPS) is 11.6. The Balaban J connectivity index is 2.54. The van der Waals surface area contributed by atoms with Crippen molar-refractivity contribution in [3.05, 3.63) is 36.9 Å². The van der Waals surface area contributed by atoms with Crippen LogP contribution in [-0.4, -0.2) is 32.5 Å². The van der Waals surface area contributed by atoms with Crippen molar-refractivity contribution in [1.82, 2.24) is 4.72 Å². The fourth-order valence-corrected chi connectivity index (χ4v) is 3.40. The van der Waals surface area contributed by atoms with Crippen LogP contribution in [0.4, 0.5) is 5.69 Å². The van der Waals surface area contributed by atoms with Gasteiger partial charge in [0, 0.05) is 29.8 Å². The zero-order chi connectivity index (χ0) is 15.0. The summed E-state index contributed by atoms with van der Waals surface area (Å²) < 4.78 is 26.4. The average molecular weight is 314 g/mol. The van der Waals surface area contributed by atoms with Gasteiger partial charge >= 0.3 is 0 Å². The number of hydrogen-bond acceptors (Lipinski definition) is 4. The summed E-state index contributed by atoms with van der Waals surface area (Å²) in [7, 11) is -3.40. The molecule has 0 bridgehead atoms. The molecule has 4 nitrogen and oxygen atoms in total. The molecule has 0 aliphatic carbocycles. The molecule has 0 unspecified atom stereocenters. The van der Waals surface area contributed by atoms with Gasteiger partial charge in [0.15, 0.2) is 0 Å². The maximum absolute atomic E-state index is 11.9. The van der Waals surface area contributed by atoms with E-state index < -0.39 is 10.0 Å². The third kappa shape index (κ3) is 5.98. The molecule has 0 radical (unpaired) electrons. The summed E-state index contributed by atoms with van der Waals surface area (Å²) in [6, 6.07) is 6.69. The van der Waals surface area contributed by atoms with E-state index in [1.54, 1.807) is 49.9 Å². The minimum absolute atomic E-state index is 0.111. The molecule has 1 rings (SSSR count). The van der Waals surface area contributed by atoms with E-state index in [-0.39, 0.29) is 10.9 Å². The second-order valence-electron chi connectivity index (χ2n) is 4.59. The van der Waals surface area contributed by atoms with Crippen LogP contribution >= 0.6 is 11.8 Å². The highest BCUT2D eigenvalue weighted by atomic mass is 32.2. The van der Waals surface area contributed by atoms with Gasteiger partial charge in [-0.3, -0.25) is 0 Å². The fourth-order valence-electron chi connectivity index (χ4n) is 1.56. The number of thioether (sulfide) groups is 1. The summed E-state index contributed by atoms with van der Waals surface area (Å²) in [4.78, 5) is 0.290. The number of anilines is 1. The van der Waals surface area contributed by atoms with Gasteiger partial charge in [0.05, 0.1) is 4.90 Å². The molecular formula is C14H22N2O2S2. The molecule has 1 aromatic carbocycles. The van der Waals surface area contributed by atoms with Crippen LogP contribution in [0.15, 0.2) is 41.8 Å². The van der Waals surface area contributed by atoms with Gasteiger partial charge < -0.3 is 5.32 Å². The predicted molar refractivity (Wildman–Crippen MR) is 87.9 cm³/mol. The van der Waals surface area contributed by atoms with E-state index in [1.165, 1.54) is 0 Å². The molecule has 0 aromatic heterocycles. The molecule has 6 heteroatoms. The Hall–Kier alpha value is -0.980. The maximum Gasteiger partial charge on any atom is 0.240 e. The maximum atomic E-state index is 11.9. The quantitative estimate of drug-likeness (QED) is 0.543. The Labute approximate surface area is 126 Å². The van der Waals surface area contributed by atoms with Crippen LogP contribution in [0.25, 0.3) is 0 Å². The van der Waals surface area contributed by atoms with Crippen molar-refractivity contribution in [2.75, 3.05) is 23.4 Å². The van der Waals surface area contributed by atoms with Crippen molar-refractivity contribution in [2.24, 2.45) is 0 Å². The number of hydrogen-bond donors (Lipinski definition) is 2. The van der Waals surface area contributed by atoms with Gasteiger partial charge in [-0.1, -0.05) is 6.08 Å². The first kappa shape index (κ1) is 17.1. The third-order valence-electron chi connectivity index (χ3n) is 2.37. The zero-order valence-electron chi connectivity index (χ0n) is 11.9. The number of benzene rings is 1. The van der Waals surface area contributed by atoms with Gasteiger partial charge in [-0.25, -0.2) is 13.1 Å². The highest BCUT2D eigenvalue weighted by Crippen LogP contribution is 2.14. The van der Waals surface area contributed by atoms with Crippen molar-refractivity contribution < 1.29 is 8.42 Å². The number of nitrogens with one attached hydrogen (secondary N) is 2. The standard InChI is InChI=1S/C14H22N2O2S2/c1-4-10-19-11-9-15-13-5-7-14(8-6-13)20(17,18)16-12(2)3/h4-8,12,15-16H,1,9-11H2,2-3H3. The second kappa shape index (κ2) is 8.34. The Morgan fingerprint density at radius 1 is 1.30 bits per heavy atom. The molecule has 0 spiro atoms. The van der Waals surface area contributed by atoms with Gasteiger partial charge in [0.25, 0.3) is 0 Å². The van der Waals surface area contributed by atoms with Crippen LogP contribution in [0.5, 0.6) is 0 Å². The highest BCUT2D eigenvalue weighted by molar-refractivity contribution is 7.99. The molecule has 112 valence electrons. The number of sulfonamides is 1. The molecule has 0 saturated heterocycles. The van der Waals surface area contributed by atoms with Crippen molar-refractivity contribution in [3.8, 4) is 0 Å². The van der Waals surface area contributed by atoms with Crippen LogP contribution in [0.2, 0.25) is 0 Å². The molecule has 1 aromatic rings. The Morgan fingerprint density at radius 2 is 1.95 bits per heavy atom. The molecule has 0 aliphatic heterocycles. The van der Waals surface area contributed by atoms with E-state index in [4.69, 9.17) is 0 Å². The molecule has 20 heavy (non-hydrogen) atoms. The summed E-state index contributed by atoms with van der Waals surface area (Å²) >= 11 is 1.80. The van der Waals surface area contributed by atoms with Gasteiger partial charge in [-0.05, 0) is 38.1 Å². The number of rotatable bonds is 9. The van der Waals surface area contributed by atoms with Crippen LogP contribution in [0.1, 0.15) is 13.8 Å². The van der Waals surface area contributed by atoms with Crippen molar-refractivity contribution in [2.45, 2.75) is 24.8 Å². The minimum Gasteiger partial charge on any atom is -0.384 e. The summed E-state index contributed by atoms with van der Waals surface area (Å²) in [5.74, 6) is 1.93. The molecule has 2 N–H and O–H groups in total. The molecule has 0 aliphatic rings. The first-order chi connectivity index (χ1) is 9.45. The molecule has 0 fully saturated rings. The first-order valence-corrected chi connectivity index (χ1v) is 9.14. The van der Waals surface area contributed by atoms with Crippen molar-refractivity contribution >= 4 is 27.5 Å². The van der Waals surface area contributed by atoms with Gasteiger partial charge in [-0.2, -0.15) is 11.8 Å². The van der Waals surface area contributed by atoms with E-state index >= 15 is 0 Å². The highest BCUT2D eigenvalue weighted by Gasteiger charge is 2.14.